The van der Waals surface area contributed by atoms with Gasteiger partial charge in [0, 0.05) is 12.0 Å². The van der Waals surface area contributed by atoms with E-state index in [1.807, 2.05) is 57.2 Å². The fourth-order valence-electron chi connectivity index (χ4n) is 5.00. The van der Waals surface area contributed by atoms with Crippen molar-refractivity contribution in [3.05, 3.63) is 60.2 Å². The van der Waals surface area contributed by atoms with Gasteiger partial charge in [0.1, 0.15) is 23.7 Å². The van der Waals surface area contributed by atoms with Gasteiger partial charge in [0.15, 0.2) is 0 Å². The molecular weight excluding hydrogens is 416 g/mol. The number of ether oxygens (including phenoxy) is 4. The number of hydrogen-bond acceptors (Lipinski definition) is 5. The standard InChI is InChI=1S/C28H36O5/c1-26(2,3)33-25(29)20-30-18-8-13-28-16-14-27(15-17-28,21-31-28)22-9-7-12-24(19-22)32-23-10-5-4-6-11-23/h4-7,9-12,19H,8,13-18,20-21H2,1-3H3. The van der Waals surface area contributed by atoms with Crippen molar-refractivity contribution in [1.82, 2.24) is 0 Å². The van der Waals surface area contributed by atoms with E-state index in [1.54, 1.807) is 0 Å². The molecule has 5 nitrogen and oxygen atoms in total. The van der Waals surface area contributed by atoms with E-state index in [0.29, 0.717) is 6.61 Å². The SMILES string of the molecule is CC(C)(C)OC(=O)COCCCC12CCC(c3cccc(Oc4ccccc4)c3)(CC1)CO2. The van der Waals surface area contributed by atoms with Crippen molar-refractivity contribution in [3.8, 4) is 11.5 Å². The molecule has 178 valence electrons. The first-order chi connectivity index (χ1) is 15.8. The summed E-state index contributed by atoms with van der Waals surface area (Å²) in [5.41, 5.74) is 0.863. The zero-order chi connectivity index (χ0) is 23.4. The molecule has 0 amide bonds. The summed E-state index contributed by atoms with van der Waals surface area (Å²) in [4.78, 5) is 11.8. The largest absolute Gasteiger partial charge is 0.458 e. The molecule has 3 aliphatic rings. The Kier molecular flexibility index (Phi) is 7.10. The molecule has 0 N–H and O–H groups in total. The second kappa shape index (κ2) is 9.86. The van der Waals surface area contributed by atoms with Gasteiger partial charge in [-0.15, -0.1) is 0 Å². The molecule has 0 aromatic heterocycles. The molecule has 0 radical (unpaired) electrons. The van der Waals surface area contributed by atoms with Crippen molar-refractivity contribution in [3.63, 3.8) is 0 Å². The Morgan fingerprint density at radius 1 is 0.970 bits per heavy atom. The molecule has 2 saturated heterocycles. The Hall–Kier alpha value is -2.37. The summed E-state index contributed by atoms with van der Waals surface area (Å²) < 4.78 is 23.4. The van der Waals surface area contributed by atoms with E-state index in [2.05, 4.69) is 18.2 Å². The van der Waals surface area contributed by atoms with E-state index in [4.69, 9.17) is 18.9 Å². The highest BCUT2D eigenvalue weighted by molar-refractivity contribution is 5.71. The van der Waals surface area contributed by atoms with Crippen molar-refractivity contribution in [1.29, 1.82) is 0 Å². The van der Waals surface area contributed by atoms with Crippen LogP contribution in [0.1, 0.15) is 64.9 Å². The summed E-state index contributed by atoms with van der Waals surface area (Å²) in [5.74, 6) is 1.41. The van der Waals surface area contributed by atoms with Crippen LogP contribution in [-0.4, -0.2) is 37.0 Å². The van der Waals surface area contributed by atoms with Crippen molar-refractivity contribution in [2.75, 3.05) is 19.8 Å². The van der Waals surface area contributed by atoms with Crippen LogP contribution in [0, 0.1) is 0 Å². The van der Waals surface area contributed by atoms with Crippen LogP contribution in [-0.2, 0) is 24.4 Å². The number of benzene rings is 2. The molecule has 3 fully saturated rings. The smallest absolute Gasteiger partial charge is 0.332 e. The number of carbonyl (C=O) groups excluding carboxylic acids is 1. The van der Waals surface area contributed by atoms with Gasteiger partial charge in [-0.1, -0.05) is 30.3 Å². The van der Waals surface area contributed by atoms with Crippen molar-refractivity contribution < 1.29 is 23.7 Å². The summed E-state index contributed by atoms with van der Waals surface area (Å²) >= 11 is 0. The van der Waals surface area contributed by atoms with E-state index in [-0.39, 0.29) is 23.6 Å². The quantitative estimate of drug-likeness (QED) is 0.335. The highest BCUT2D eigenvalue weighted by Gasteiger charge is 2.50. The van der Waals surface area contributed by atoms with Crippen LogP contribution in [0.15, 0.2) is 54.6 Å². The fraction of sp³-hybridized carbons (Fsp3) is 0.536. The molecule has 2 heterocycles. The van der Waals surface area contributed by atoms with Gasteiger partial charge >= 0.3 is 5.97 Å². The summed E-state index contributed by atoms with van der Waals surface area (Å²) in [6.45, 7) is 6.89. The van der Waals surface area contributed by atoms with Crippen LogP contribution in [0.5, 0.6) is 11.5 Å². The summed E-state index contributed by atoms with van der Waals surface area (Å²) in [6, 6.07) is 18.4. The lowest BCUT2D eigenvalue weighted by molar-refractivity contribution is -0.164. The number of hydrogen-bond donors (Lipinski definition) is 0. The molecule has 2 aromatic carbocycles. The van der Waals surface area contributed by atoms with Gasteiger partial charge in [-0.3, -0.25) is 0 Å². The first-order valence-corrected chi connectivity index (χ1v) is 12.0. The minimum absolute atomic E-state index is 0.00955. The predicted octanol–water partition coefficient (Wildman–Crippen LogP) is 6.20. The molecule has 1 aliphatic carbocycles. The summed E-state index contributed by atoms with van der Waals surface area (Å²) in [7, 11) is 0. The minimum atomic E-state index is -0.475. The molecule has 0 unspecified atom stereocenters. The van der Waals surface area contributed by atoms with E-state index in [9.17, 15) is 4.79 Å². The average molecular weight is 453 g/mol. The first kappa shape index (κ1) is 23.8. The number of para-hydroxylation sites is 1. The van der Waals surface area contributed by atoms with Crippen LogP contribution in [0.2, 0.25) is 0 Å². The van der Waals surface area contributed by atoms with Gasteiger partial charge in [0.05, 0.1) is 12.2 Å². The maximum absolute atomic E-state index is 11.8. The monoisotopic (exact) mass is 452 g/mol. The fourth-order valence-corrected chi connectivity index (χ4v) is 5.00. The molecule has 2 aromatic rings. The van der Waals surface area contributed by atoms with Crippen LogP contribution < -0.4 is 4.74 Å². The van der Waals surface area contributed by atoms with Crippen molar-refractivity contribution >= 4 is 5.97 Å². The van der Waals surface area contributed by atoms with Crippen molar-refractivity contribution in [2.45, 2.75) is 75.9 Å². The normalized spacial score (nSPS) is 24.5. The zero-order valence-corrected chi connectivity index (χ0v) is 20.1. The van der Waals surface area contributed by atoms with Crippen molar-refractivity contribution in [2.24, 2.45) is 0 Å². The highest BCUT2D eigenvalue weighted by atomic mass is 16.6. The average Bonchev–Trinajstić information content (AvgIpc) is 2.80. The second-order valence-electron chi connectivity index (χ2n) is 10.4. The predicted molar refractivity (Wildman–Crippen MR) is 128 cm³/mol. The Morgan fingerprint density at radius 2 is 1.70 bits per heavy atom. The van der Waals surface area contributed by atoms with Crippen LogP contribution in [0.4, 0.5) is 0 Å². The van der Waals surface area contributed by atoms with Gasteiger partial charge in [-0.25, -0.2) is 4.79 Å². The van der Waals surface area contributed by atoms with Gasteiger partial charge in [-0.05, 0) is 89.1 Å². The first-order valence-electron chi connectivity index (χ1n) is 12.0. The summed E-state index contributed by atoms with van der Waals surface area (Å²) in [5, 5.41) is 0. The Morgan fingerprint density at radius 3 is 2.36 bits per heavy atom. The molecular formula is C28H36O5. The van der Waals surface area contributed by atoms with Crippen LogP contribution >= 0.6 is 0 Å². The Balaban J connectivity index is 1.26. The van der Waals surface area contributed by atoms with Crippen LogP contribution in [0.3, 0.4) is 0 Å². The lowest BCUT2D eigenvalue weighted by atomic mass is 9.62. The third-order valence-electron chi connectivity index (χ3n) is 6.76. The molecule has 5 heteroatoms. The second-order valence-corrected chi connectivity index (χ2v) is 10.4. The van der Waals surface area contributed by atoms with Crippen LogP contribution in [0.25, 0.3) is 0 Å². The third kappa shape index (κ3) is 6.15. The number of fused-ring (bicyclic) bond motifs is 3. The van der Waals surface area contributed by atoms with Gasteiger partial charge in [-0.2, -0.15) is 0 Å². The molecule has 5 rings (SSSR count). The number of esters is 1. The number of carbonyl (C=O) groups is 1. The minimum Gasteiger partial charge on any atom is -0.458 e. The maximum atomic E-state index is 11.8. The molecule has 0 atom stereocenters. The van der Waals surface area contributed by atoms with Gasteiger partial charge < -0.3 is 18.9 Å². The Bertz CT molecular complexity index is 906. The lowest BCUT2D eigenvalue weighted by Crippen LogP contribution is -2.53. The molecule has 2 bridgehead atoms. The molecule has 1 saturated carbocycles. The molecule has 0 spiro atoms. The zero-order valence-electron chi connectivity index (χ0n) is 20.1. The van der Waals surface area contributed by atoms with E-state index < -0.39 is 5.60 Å². The van der Waals surface area contributed by atoms with Gasteiger partial charge in [0.2, 0.25) is 0 Å². The van der Waals surface area contributed by atoms with E-state index in [0.717, 1.165) is 56.6 Å². The van der Waals surface area contributed by atoms with Gasteiger partial charge in [0.25, 0.3) is 0 Å². The van der Waals surface area contributed by atoms with E-state index in [1.165, 1.54) is 5.56 Å². The highest BCUT2D eigenvalue weighted by Crippen LogP contribution is 2.52. The number of rotatable bonds is 9. The molecule has 33 heavy (non-hydrogen) atoms. The Labute approximate surface area is 197 Å². The lowest BCUT2D eigenvalue weighted by Gasteiger charge is -2.53. The third-order valence-corrected chi connectivity index (χ3v) is 6.76. The molecule has 2 aliphatic heterocycles. The maximum Gasteiger partial charge on any atom is 0.332 e. The summed E-state index contributed by atoms with van der Waals surface area (Å²) in [6.07, 6.45) is 6.22. The topological polar surface area (TPSA) is 54.0 Å². The van der Waals surface area contributed by atoms with E-state index >= 15 is 0 Å².